The lowest BCUT2D eigenvalue weighted by Crippen LogP contribution is -2.43. The van der Waals surface area contributed by atoms with Crippen molar-refractivity contribution in [1.29, 1.82) is 0 Å². The number of carbonyl (C=O) groups is 1. The molecule has 1 aromatic carbocycles. The molecule has 1 amide bonds. The normalized spacial score (nSPS) is 12.8. The Kier molecular flexibility index (Phi) is 4.52. The van der Waals surface area contributed by atoms with Gasteiger partial charge in [-0.25, -0.2) is 0 Å². The van der Waals surface area contributed by atoms with Crippen LogP contribution in [0.5, 0.6) is 0 Å². The van der Waals surface area contributed by atoms with Crippen molar-refractivity contribution in [2.75, 3.05) is 18.1 Å². The highest BCUT2D eigenvalue weighted by atomic mass is 16.2. The van der Waals surface area contributed by atoms with Gasteiger partial charge in [-0.15, -0.1) is 0 Å². The summed E-state index contributed by atoms with van der Waals surface area (Å²) >= 11 is 0. The molecule has 0 spiro atoms. The Morgan fingerprint density at radius 3 is 2.24 bits per heavy atom. The second-order valence-electron chi connectivity index (χ2n) is 4.55. The highest BCUT2D eigenvalue weighted by molar-refractivity contribution is 5.94. The number of nitrogens with one attached hydrogen (secondary N) is 1. The third-order valence-electron chi connectivity index (χ3n) is 2.98. The predicted molar refractivity (Wildman–Crippen MR) is 71.8 cm³/mol. The van der Waals surface area contributed by atoms with Crippen LogP contribution in [0.1, 0.15) is 20.8 Å². The lowest BCUT2D eigenvalue weighted by molar-refractivity contribution is -0.120. The van der Waals surface area contributed by atoms with Crippen LogP contribution in [0.4, 0.5) is 11.4 Å². The summed E-state index contributed by atoms with van der Waals surface area (Å²) in [5.74, 6) is -0.00836. The van der Waals surface area contributed by atoms with Crippen LogP contribution in [0.15, 0.2) is 24.3 Å². The average Bonchev–Trinajstić information content (AvgIpc) is 2.30. The highest BCUT2D eigenvalue weighted by Crippen LogP contribution is 2.12. The first-order valence-corrected chi connectivity index (χ1v) is 5.80. The smallest absolute Gasteiger partial charge is 0.241 e. The second kappa shape index (κ2) is 5.68. The standard InChI is InChI=1S/C13H21N3O/c1-9(2)16(4)10(3)13(17)15-12-7-5-11(14)6-8-12/h5-10H,14H2,1-4H3,(H,15,17). The van der Waals surface area contributed by atoms with E-state index in [1.807, 2.05) is 18.9 Å². The van der Waals surface area contributed by atoms with Crippen molar-refractivity contribution >= 4 is 17.3 Å². The molecule has 1 rings (SSSR count). The summed E-state index contributed by atoms with van der Waals surface area (Å²) in [7, 11) is 1.94. The number of hydrogen-bond donors (Lipinski definition) is 2. The molecule has 4 nitrogen and oxygen atoms in total. The van der Waals surface area contributed by atoms with Gasteiger partial charge in [0, 0.05) is 17.4 Å². The van der Waals surface area contributed by atoms with E-state index in [4.69, 9.17) is 5.73 Å². The molecule has 0 saturated carbocycles. The summed E-state index contributed by atoms with van der Waals surface area (Å²) in [5, 5.41) is 2.87. The van der Waals surface area contributed by atoms with E-state index in [0.717, 1.165) is 5.69 Å². The van der Waals surface area contributed by atoms with Gasteiger partial charge < -0.3 is 11.1 Å². The van der Waals surface area contributed by atoms with Gasteiger partial charge in [0.15, 0.2) is 0 Å². The Balaban J connectivity index is 2.63. The van der Waals surface area contributed by atoms with E-state index in [0.29, 0.717) is 11.7 Å². The fraction of sp³-hybridized carbons (Fsp3) is 0.462. The molecule has 17 heavy (non-hydrogen) atoms. The third-order valence-corrected chi connectivity index (χ3v) is 2.98. The summed E-state index contributed by atoms with van der Waals surface area (Å²) in [6.45, 7) is 6.02. The van der Waals surface area contributed by atoms with E-state index in [1.165, 1.54) is 0 Å². The van der Waals surface area contributed by atoms with E-state index in [9.17, 15) is 4.79 Å². The number of nitrogen functional groups attached to an aromatic ring is 1. The minimum Gasteiger partial charge on any atom is -0.399 e. The molecule has 0 radical (unpaired) electrons. The number of amides is 1. The number of benzene rings is 1. The van der Waals surface area contributed by atoms with Gasteiger partial charge in [-0.1, -0.05) is 0 Å². The zero-order valence-electron chi connectivity index (χ0n) is 10.9. The van der Waals surface area contributed by atoms with Crippen LogP contribution in [0.25, 0.3) is 0 Å². The summed E-state index contributed by atoms with van der Waals surface area (Å²) in [5.41, 5.74) is 7.05. The van der Waals surface area contributed by atoms with E-state index in [1.54, 1.807) is 24.3 Å². The van der Waals surface area contributed by atoms with Gasteiger partial charge in [0.2, 0.25) is 5.91 Å². The van der Waals surface area contributed by atoms with Crippen molar-refractivity contribution in [1.82, 2.24) is 4.90 Å². The molecule has 0 aliphatic heterocycles. The minimum absolute atomic E-state index is 0.00836. The number of carbonyl (C=O) groups excluding carboxylic acids is 1. The number of rotatable bonds is 4. The fourth-order valence-electron chi connectivity index (χ4n) is 1.45. The predicted octanol–water partition coefficient (Wildman–Crippen LogP) is 1.94. The third kappa shape index (κ3) is 3.75. The molecule has 0 aliphatic rings. The molecule has 3 N–H and O–H groups in total. The van der Waals surface area contributed by atoms with Gasteiger partial charge >= 0.3 is 0 Å². The Bertz CT molecular complexity index is 373. The maximum absolute atomic E-state index is 12.0. The maximum atomic E-state index is 12.0. The summed E-state index contributed by atoms with van der Waals surface area (Å²) < 4.78 is 0. The van der Waals surface area contributed by atoms with Gasteiger partial charge in [0.1, 0.15) is 0 Å². The van der Waals surface area contributed by atoms with Gasteiger partial charge in [-0.05, 0) is 52.1 Å². The number of nitrogens with two attached hydrogens (primary N) is 1. The molecule has 0 aliphatic carbocycles. The fourth-order valence-corrected chi connectivity index (χ4v) is 1.45. The van der Waals surface area contributed by atoms with Crippen LogP contribution < -0.4 is 11.1 Å². The summed E-state index contributed by atoms with van der Waals surface area (Å²) in [6.07, 6.45) is 0. The lowest BCUT2D eigenvalue weighted by Gasteiger charge is -2.27. The van der Waals surface area contributed by atoms with Crippen molar-refractivity contribution in [2.24, 2.45) is 0 Å². The monoisotopic (exact) mass is 235 g/mol. The molecule has 1 aromatic rings. The minimum atomic E-state index is -0.160. The molecule has 94 valence electrons. The Hall–Kier alpha value is -1.55. The van der Waals surface area contributed by atoms with Crippen LogP contribution >= 0.6 is 0 Å². The summed E-state index contributed by atoms with van der Waals surface area (Å²) in [4.78, 5) is 14.0. The molecule has 0 heterocycles. The molecular formula is C13H21N3O. The molecule has 0 saturated heterocycles. The second-order valence-corrected chi connectivity index (χ2v) is 4.55. The van der Waals surface area contributed by atoms with Crippen LogP contribution in [-0.2, 0) is 4.79 Å². The molecule has 1 unspecified atom stereocenters. The number of likely N-dealkylation sites (N-methyl/N-ethyl adjacent to an activating group) is 1. The zero-order valence-corrected chi connectivity index (χ0v) is 10.9. The van der Waals surface area contributed by atoms with E-state index in [2.05, 4.69) is 19.2 Å². The van der Waals surface area contributed by atoms with Gasteiger partial charge in [-0.2, -0.15) is 0 Å². The first-order chi connectivity index (χ1) is 7.91. The lowest BCUT2D eigenvalue weighted by atomic mass is 10.2. The molecule has 0 aromatic heterocycles. The van der Waals surface area contributed by atoms with Gasteiger partial charge in [0.25, 0.3) is 0 Å². The first kappa shape index (κ1) is 13.5. The van der Waals surface area contributed by atoms with Crippen molar-refractivity contribution in [3.8, 4) is 0 Å². The van der Waals surface area contributed by atoms with E-state index >= 15 is 0 Å². The molecule has 1 atom stereocenters. The van der Waals surface area contributed by atoms with Crippen LogP contribution in [0, 0.1) is 0 Å². The highest BCUT2D eigenvalue weighted by Gasteiger charge is 2.19. The van der Waals surface area contributed by atoms with E-state index < -0.39 is 0 Å². The van der Waals surface area contributed by atoms with Gasteiger partial charge in [0.05, 0.1) is 6.04 Å². The van der Waals surface area contributed by atoms with Crippen LogP contribution in [0.3, 0.4) is 0 Å². The molecule has 0 bridgehead atoms. The maximum Gasteiger partial charge on any atom is 0.241 e. The topological polar surface area (TPSA) is 58.4 Å². The molecular weight excluding hydrogens is 214 g/mol. The quantitative estimate of drug-likeness (QED) is 0.784. The van der Waals surface area contributed by atoms with Gasteiger partial charge in [-0.3, -0.25) is 9.69 Å². The van der Waals surface area contributed by atoms with Crippen LogP contribution in [0.2, 0.25) is 0 Å². The zero-order chi connectivity index (χ0) is 13.0. The molecule has 0 fully saturated rings. The Morgan fingerprint density at radius 1 is 1.24 bits per heavy atom. The van der Waals surface area contributed by atoms with Crippen molar-refractivity contribution in [3.05, 3.63) is 24.3 Å². The van der Waals surface area contributed by atoms with Crippen molar-refractivity contribution in [2.45, 2.75) is 32.9 Å². The first-order valence-electron chi connectivity index (χ1n) is 5.80. The molecule has 4 heteroatoms. The number of nitrogens with zero attached hydrogens (tertiary/aromatic N) is 1. The number of hydrogen-bond acceptors (Lipinski definition) is 3. The van der Waals surface area contributed by atoms with Crippen molar-refractivity contribution < 1.29 is 4.79 Å². The number of anilines is 2. The van der Waals surface area contributed by atoms with Crippen LogP contribution in [-0.4, -0.2) is 29.9 Å². The SMILES string of the molecule is CC(C)N(C)C(C)C(=O)Nc1ccc(N)cc1. The Morgan fingerprint density at radius 2 is 1.76 bits per heavy atom. The Labute approximate surface area is 103 Å². The average molecular weight is 235 g/mol. The summed E-state index contributed by atoms with van der Waals surface area (Å²) in [6, 6.07) is 7.32. The van der Waals surface area contributed by atoms with Crippen molar-refractivity contribution in [3.63, 3.8) is 0 Å². The van der Waals surface area contributed by atoms with E-state index in [-0.39, 0.29) is 11.9 Å². The largest absolute Gasteiger partial charge is 0.399 e.